The smallest absolute Gasteiger partial charge is 0.0593 e. The minimum atomic E-state index is 0.0933. The molecule has 102 valence electrons. The van der Waals surface area contributed by atoms with Crippen LogP contribution in [0.2, 0.25) is 0 Å². The number of nitrogens with zero attached hydrogens (tertiary/aromatic N) is 1. The average Bonchev–Trinajstić information content (AvgIpc) is 3.01. The van der Waals surface area contributed by atoms with Crippen LogP contribution < -0.4 is 5.73 Å². The lowest BCUT2D eigenvalue weighted by molar-refractivity contribution is 0.0940. The van der Waals surface area contributed by atoms with Crippen molar-refractivity contribution in [1.29, 1.82) is 0 Å². The van der Waals surface area contributed by atoms with Gasteiger partial charge in [-0.05, 0) is 31.2 Å². The Hall–Kier alpha value is -0.420. The van der Waals surface area contributed by atoms with Crippen LogP contribution in [-0.4, -0.2) is 35.2 Å². The standard InChI is InChI=1S/C14H24N2OS/c1-11(15)14(13-7-4-10-18-13)16(8-9-17)12-5-2-3-6-12/h4,7,10-12,14,17H,2-3,5-6,8-9,15H2,1H3. The van der Waals surface area contributed by atoms with Gasteiger partial charge in [0.15, 0.2) is 0 Å². The summed E-state index contributed by atoms with van der Waals surface area (Å²) in [6.07, 6.45) is 5.11. The van der Waals surface area contributed by atoms with E-state index in [4.69, 9.17) is 5.73 Å². The van der Waals surface area contributed by atoms with Crippen LogP contribution in [-0.2, 0) is 0 Å². The van der Waals surface area contributed by atoms with Crippen LogP contribution in [0.4, 0.5) is 0 Å². The van der Waals surface area contributed by atoms with Crippen molar-refractivity contribution in [2.24, 2.45) is 5.73 Å². The van der Waals surface area contributed by atoms with Gasteiger partial charge in [-0.3, -0.25) is 4.90 Å². The van der Waals surface area contributed by atoms with Gasteiger partial charge >= 0.3 is 0 Å². The van der Waals surface area contributed by atoms with Crippen LogP contribution in [0.5, 0.6) is 0 Å². The molecule has 2 rings (SSSR count). The van der Waals surface area contributed by atoms with Crippen LogP contribution in [0.25, 0.3) is 0 Å². The predicted molar refractivity (Wildman–Crippen MR) is 76.8 cm³/mol. The topological polar surface area (TPSA) is 49.5 Å². The molecule has 4 heteroatoms. The first kappa shape index (κ1) is 14.0. The number of thiophene rings is 1. The van der Waals surface area contributed by atoms with Gasteiger partial charge in [0, 0.05) is 23.5 Å². The number of nitrogens with two attached hydrogens (primary N) is 1. The highest BCUT2D eigenvalue weighted by Gasteiger charge is 2.31. The molecule has 0 aliphatic heterocycles. The fourth-order valence-electron chi connectivity index (χ4n) is 3.08. The summed E-state index contributed by atoms with van der Waals surface area (Å²) in [5, 5.41) is 11.5. The van der Waals surface area contributed by atoms with Crippen molar-refractivity contribution in [2.45, 2.75) is 50.7 Å². The quantitative estimate of drug-likeness (QED) is 0.833. The molecule has 18 heavy (non-hydrogen) atoms. The highest BCUT2D eigenvalue weighted by atomic mass is 32.1. The van der Waals surface area contributed by atoms with Crippen molar-refractivity contribution in [3.05, 3.63) is 22.4 Å². The van der Waals surface area contributed by atoms with Crippen molar-refractivity contribution in [1.82, 2.24) is 4.90 Å². The summed E-state index contributed by atoms with van der Waals surface area (Å²) >= 11 is 1.77. The molecular weight excluding hydrogens is 244 g/mol. The van der Waals surface area contributed by atoms with Crippen molar-refractivity contribution in [3.8, 4) is 0 Å². The molecule has 0 amide bonds. The van der Waals surface area contributed by atoms with E-state index in [0.29, 0.717) is 6.04 Å². The summed E-state index contributed by atoms with van der Waals surface area (Å²) < 4.78 is 0. The van der Waals surface area contributed by atoms with Crippen LogP contribution in [0.3, 0.4) is 0 Å². The Morgan fingerprint density at radius 1 is 1.50 bits per heavy atom. The maximum Gasteiger partial charge on any atom is 0.0593 e. The molecule has 1 fully saturated rings. The first-order valence-corrected chi connectivity index (χ1v) is 7.77. The van der Waals surface area contributed by atoms with Crippen molar-refractivity contribution in [3.63, 3.8) is 0 Å². The molecule has 3 N–H and O–H groups in total. The van der Waals surface area contributed by atoms with Gasteiger partial charge < -0.3 is 10.8 Å². The zero-order valence-electron chi connectivity index (χ0n) is 11.1. The first-order chi connectivity index (χ1) is 8.74. The fraction of sp³-hybridized carbons (Fsp3) is 0.714. The van der Waals surface area contributed by atoms with Crippen molar-refractivity contribution < 1.29 is 5.11 Å². The summed E-state index contributed by atoms with van der Waals surface area (Å²) in [6, 6.07) is 5.19. The van der Waals surface area contributed by atoms with E-state index in [-0.39, 0.29) is 18.7 Å². The molecule has 2 atom stereocenters. The fourth-order valence-corrected chi connectivity index (χ4v) is 4.05. The third-order valence-corrected chi connectivity index (χ3v) is 4.78. The van der Waals surface area contributed by atoms with Gasteiger partial charge in [-0.25, -0.2) is 0 Å². The molecule has 1 aliphatic rings. The summed E-state index contributed by atoms with van der Waals surface area (Å²) in [5.74, 6) is 0. The van der Waals surface area contributed by atoms with Gasteiger partial charge in [-0.2, -0.15) is 0 Å². The number of aliphatic hydroxyl groups excluding tert-OH is 1. The molecule has 1 saturated carbocycles. The third-order valence-electron chi connectivity index (χ3n) is 3.84. The highest BCUT2D eigenvalue weighted by molar-refractivity contribution is 7.10. The number of rotatable bonds is 6. The molecule has 2 unspecified atom stereocenters. The largest absolute Gasteiger partial charge is 0.395 e. The maximum absolute atomic E-state index is 9.35. The van der Waals surface area contributed by atoms with E-state index in [2.05, 4.69) is 29.3 Å². The average molecular weight is 268 g/mol. The lowest BCUT2D eigenvalue weighted by atomic mass is 10.0. The highest BCUT2D eigenvalue weighted by Crippen LogP contribution is 2.34. The van der Waals surface area contributed by atoms with E-state index in [1.807, 2.05) is 0 Å². The number of hydrogen-bond donors (Lipinski definition) is 2. The Balaban J connectivity index is 2.19. The molecular formula is C14H24N2OS. The monoisotopic (exact) mass is 268 g/mol. The molecule has 0 bridgehead atoms. The Morgan fingerprint density at radius 3 is 2.72 bits per heavy atom. The van der Waals surface area contributed by atoms with Gasteiger partial charge in [0.05, 0.1) is 12.6 Å². The zero-order chi connectivity index (χ0) is 13.0. The normalized spacial score (nSPS) is 20.4. The van der Waals surface area contributed by atoms with Crippen molar-refractivity contribution in [2.75, 3.05) is 13.2 Å². The lowest BCUT2D eigenvalue weighted by Gasteiger charge is -2.37. The second kappa shape index (κ2) is 6.66. The molecule has 0 aromatic carbocycles. The van der Waals surface area contributed by atoms with Gasteiger partial charge in [0.1, 0.15) is 0 Å². The number of hydrogen-bond acceptors (Lipinski definition) is 4. The second-order valence-electron chi connectivity index (χ2n) is 5.22. The Bertz CT molecular complexity index is 334. The SMILES string of the molecule is CC(N)C(c1cccs1)N(CCO)C1CCCC1. The Labute approximate surface area is 114 Å². The molecule has 3 nitrogen and oxygen atoms in total. The van der Waals surface area contributed by atoms with E-state index < -0.39 is 0 Å². The van der Waals surface area contributed by atoms with E-state index in [0.717, 1.165) is 6.54 Å². The lowest BCUT2D eigenvalue weighted by Crippen LogP contribution is -2.45. The van der Waals surface area contributed by atoms with Crippen LogP contribution in [0.15, 0.2) is 17.5 Å². The van der Waals surface area contributed by atoms with Gasteiger partial charge in [-0.15, -0.1) is 11.3 Å². The van der Waals surface area contributed by atoms with E-state index in [1.165, 1.54) is 30.6 Å². The summed E-state index contributed by atoms with van der Waals surface area (Å²) in [6.45, 7) is 3.02. The molecule has 0 spiro atoms. The zero-order valence-corrected chi connectivity index (χ0v) is 11.9. The first-order valence-electron chi connectivity index (χ1n) is 6.89. The second-order valence-corrected chi connectivity index (χ2v) is 6.20. The molecule has 0 saturated heterocycles. The van der Waals surface area contributed by atoms with Crippen LogP contribution in [0, 0.1) is 0 Å². The third kappa shape index (κ3) is 3.12. The predicted octanol–water partition coefficient (Wildman–Crippen LogP) is 2.37. The molecule has 1 aromatic heterocycles. The van der Waals surface area contributed by atoms with E-state index in [1.54, 1.807) is 11.3 Å². The number of aliphatic hydroxyl groups is 1. The van der Waals surface area contributed by atoms with Crippen LogP contribution >= 0.6 is 11.3 Å². The van der Waals surface area contributed by atoms with Crippen molar-refractivity contribution >= 4 is 11.3 Å². The molecule has 1 aromatic rings. The molecule has 0 radical (unpaired) electrons. The summed E-state index contributed by atoms with van der Waals surface area (Å²) in [5.41, 5.74) is 6.21. The Morgan fingerprint density at radius 2 is 2.22 bits per heavy atom. The van der Waals surface area contributed by atoms with Crippen LogP contribution in [0.1, 0.15) is 43.5 Å². The van der Waals surface area contributed by atoms with E-state index >= 15 is 0 Å². The van der Waals surface area contributed by atoms with Gasteiger partial charge in [0.2, 0.25) is 0 Å². The van der Waals surface area contributed by atoms with Gasteiger partial charge in [0.25, 0.3) is 0 Å². The van der Waals surface area contributed by atoms with E-state index in [9.17, 15) is 5.11 Å². The minimum Gasteiger partial charge on any atom is -0.395 e. The maximum atomic E-state index is 9.35. The summed E-state index contributed by atoms with van der Waals surface area (Å²) in [4.78, 5) is 3.76. The Kier molecular flexibility index (Phi) is 5.18. The molecule has 1 aliphatic carbocycles. The molecule has 1 heterocycles. The minimum absolute atomic E-state index is 0.0933. The summed E-state index contributed by atoms with van der Waals surface area (Å²) in [7, 11) is 0. The van der Waals surface area contributed by atoms with Gasteiger partial charge in [-0.1, -0.05) is 18.9 Å².